The van der Waals surface area contributed by atoms with Crippen LogP contribution in [-0.2, 0) is 0 Å². The summed E-state index contributed by atoms with van der Waals surface area (Å²) in [7, 11) is 1.68. The maximum Gasteiger partial charge on any atom is 0.213 e. The largest absolute Gasteiger partial charge is 0.497 e. The van der Waals surface area contributed by atoms with Gasteiger partial charge in [-0.05, 0) is 48.7 Å². The van der Waals surface area contributed by atoms with Crippen LogP contribution in [0.1, 0.15) is 35.4 Å². The molecule has 152 valence electrons. The molecule has 0 amide bonds. The molecule has 0 spiro atoms. The molecule has 2 atom stereocenters. The summed E-state index contributed by atoms with van der Waals surface area (Å²) in [5, 5.41) is 7.78. The summed E-state index contributed by atoms with van der Waals surface area (Å²) in [5.41, 5.74) is 4.22. The van der Waals surface area contributed by atoms with E-state index < -0.39 is 0 Å². The molecule has 2 aliphatic rings. The first-order valence-electron chi connectivity index (χ1n) is 9.76. The lowest BCUT2D eigenvalue weighted by molar-refractivity contribution is -0.0190. The van der Waals surface area contributed by atoms with Gasteiger partial charge in [0.1, 0.15) is 11.5 Å². The van der Waals surface area contributed by atoms with Crippen LogP contribution in [0.15, 0.2) is 76.7 Å². The van der Waals surface area contributed by atoms with Crippen LogP contribution in [0.5, 0.6) is 11.5 Å². The van der Waals surface area contributed by atoms with E-state index in [0.717, 1.165) is 40.3 Å². The molecule has 6 heteroatoms. The van der Waals surface area contributed by atoms with Gasteiger partial charge in [0.05, 0.1) is 18.9 Å². The van der Waals surface area contributed by atoms with Gasteiger partial charge in [-0.25, -0.2) is 5.01 Å². The van der Waals surface area contributed by atoms with Gasteiger partial charge >= 0.3 is 0 Å². The number of benzene rings is 3. The molecular formula is C24H21ClN2O2S. The molecular weight excluding hydrogens is 416 g/mol. The predicted octanol–water partition coefficient (Wildman–Crippen LogP) is 6.31. The maximum atomic E-state index is 6.42. The molecule has 0 bridgehead atoms. The third-order valence-corrected chi connectivity index (χ3v) is 6.53. The van der Waals surface area contributed by atoms with Crippen molar-refractivity contribution in [1.29, 1.82) is 0 Å². The minimum absolute atomic E-state index is 0.0684. The topological polar surface area (TPSA) is 34.1 Å². The van der Waals surface area contributed by atoms with Crippen molar-refractivity contribution in [2.75, 3.05) is 13.4 Å². The van der Waals surface area contributed by atoms with E-state index in [1.807, 2.05) is 36.4 Å². The minimum Gasteiger partial charge on any atom is -0.497 e. The third kappa shape index (κ3) is 3.42. The smallest absolute Gasteiger partial charge is 0.213 e. The Balaban J connectivity index is 1.58. The van der Waals surface area contributed by atoms with E-state index in [2.05, 4.69) is 41.6 Å². The minimum atomic E-state index is -0.289. The fourth-order valence-electron chi connectivity index (χ4n) is 4.02. The molecule has 0 fully saturated rings. The number of halogens is 1. The van der Waals surface area contributed by atoms with Crippen molar-refractivity contribution in [3.63, 3.8) is 0 Å². The molecule has 4 nitrogen and oxygen atoms in total. The van der Waals surface area contributed by atoms with Gasteiger partial charge in [-0.2, -0.15) is 5.10 Å². The van der Waals surface area contributed by atoms with Crippen molar-refractivity contribution in [2.45, 2.75) is 23.6 Å². The summed E-state index contributed by atoms with van der Waals surface area (Å²) in [5.74, 6) is 1.69. The number of methoxy groups -OCH3 is 1. The van der Waals surface area contributed by atoms with Crippen LogP contribution in [0.25, 0.3) is 0 Å². The number of thioether (sulfide) groups is 1. The van der Waals surface area contributed by atoms with E-state index in [1.165, 1.54) is 4.90 Å². The molecule has 30 heavy (non-hydrogen) atoms. The Hall–Kier alpha value is -2.63. The molecule has 0 N–H and O–H groups in total. The first kappa shape index (κ1) is 19.3. The lowest BCUT2D eigenvalue weighted by atomic mass is 9.96. The number of hydrazone groups is 1. The summed E-state index contributed by atoms with van der Waals surface area (Å²) in [6.07, 6.45) is 2.57. The van der Waals surface area contributed by atoms with Crippen molar-refractivity contribution in [2.24, 2.45) is 5.10 Å². The van der Waals surface area contributed by atoms with Gasteiger partial charge in [0.25, 0.3) is 0 Å². The van der Waals surface area contributed by atoms with E-state index in [9.17, 15) is 0 Å². The summed E-state index contributed by atoms with van der Waals surface area (Å²) in [6.45, 7) is 0. The van der Waals surface area contributed by atoms with Crippen molar-refractivity contribution >= 4 is 29.1 Å². The normalized spacial score (nSPS) is 19.6. The summed E-state index contributed by atoms with van der Waals surface area (Å²) >= 11 is 8.04. The van der Waals surface area contributed by atoms with Gasteiger partial charge in [0.2, 0.25) is 6.23 Å². The number of rotatable bonds is 4. The molecule has 0 radical (unpaired) electrons. The lowest BCUT2D eigenvalue weighted by Gasteiger charge is -2.38. The van der Waals surface area contributed by atoms with Crippen LogP contribution in [0.4, 0.5) is 0 Å². The molecule has 3 aromatic carbocycles. The Kier molecular flexibility index (Phi) is 5.09. The van der Waals surface area contributed by atoms with Crippen LogP contribution in [-0.4, -0.2) is 24.1 Å². The van der Waals surface area contributed by atoms with E-state index in [4.69, 9.17) is 26.2 Å². The average Bonchev–Trinajstić information content (AvgIpc) is 3.25. The molecule has 0 unspecified atom stereocenters. The highest BCUT2D eigenvalue weighted by Gasteiger charge is 2.41. The van der Waals surface area contributed by atoms with Crippen molar-refractivity contribution in [1.82, 2.24) is 5.01 Å². The van der Waals surface area contributed by atoms with Crippen LogP contribution < -0.4 is 9.47 Å². The number of hydrogen-bond donors (Lipinski definition) is 0. The van der Waals surface area contributed by atoms with E-state index in [0.29, 0.717) is 5.02 Å². The zero-order valence-electron chi connectivity index (χ0n) is 16.7. The second kappa shape index (κ2) is 7.89. The van der Waals surface area contributed by atoms with Crippen molar-refractivity contribution < 1.29 is 9.47 Å². The highest BCUT2D eigenvalue weighted by molar-refractivity contribution is 7.98. The lowest BCUT2D eigenvalue weighted by Crippen LogP contribution is -2.33. The monoisotopic (exact) mass is 436 g/mol. The van der Waals surface area contributed by atoms with Gasteiger partial charge in [-0.1, -0.05) is 35.9 Å². The van der Waals surface area contributed by atoms with Gasteiger partial charge in [0, 0.05) is 33.0 Å². The summed E-state index contributed by atoms with van der Waals surface area (Å²) < 4.78 is 11.8. The zero-order valence-corrected chi connectivity index (χ0v) is 18.3. The van der Waals surface area contributed by atoms with Gasteiger partial charge in [-0.3, -0.25) is 0 Å². The van der Waals surface area contributed by atoms with Crippen LogP contribution >= 0.6 is 23.4 Å². The number of hydrogen-bond acceptors (Lipinski definition) is 5. The molecule has 3 aromatic rings. The molecule has 5 rings (SSSR count). The number of ether oxygens (including phenoxy) is 2. The number of fused-ring (bicyclic) bond motifs is 3. The first-order valence-corrected chi connectivity index (χ1v) is 11.4. The Morgan fingerprint density at radius 3 is 2.70 bits per heavy atom. The fourth-order valence-corrected chi connectivity index (χ4v) is 4.61. The van der Waals surface area contributed by atoms with Crippen molar-refractivity contribution in [3.8, 4) is 11.5 Å². The van der Waals surface area contributed by atoms with Crippen LogP contribution in [0.2, 0.25) is 5.02 Å². The Morgan fingerprint density at radius 2 is 1.93 bits per heavy atom. The second-order valence-corrected chi connectivity index (χ2v) is 8.62. The maximum absolute atomic E-state index is 6.42. The predicted molar refractivity (Wildman–Crippen MR) is 122 cm³/mol. The second-order valence-electron chi connectivity index (χ2n) is 7.30. The molecule has 0 saturated heterocycles. The zero-order chi connectivity index (χ0) is 20.7. The molecule has 0 saturated carbocycles. The highest BCUT2D eigenvalue weighted by atomic mass is 35.5. The first-order chi connectivity index (χ1) is 14.7. The van der Waals surface area contributed by atoms with Crippen molar-refractivity contribution in [3.05, 3.63) is 88.4 Å². The Bertz CT molecular complexity index is 1120. The summed E-state index contributed by atoms with van der Waals surface area (Å²) in [4.78, 5) is 1.22. The SMILES string of the molecule is COc1cccc(C2=NN3[C@H](C2)c2cc(Cl)ccc2O[C@@H]3c2ccc(SC)cc2)c1. The van der Waals surface area contributed by atoms with Gasteiger partial charge in [0.15, 0.2) is 0 Å². The standard InChI is InChI=1S/C24H21ClN2O2S/c1-28-18-5-3-4-16(12-18)21-14-22-20-13-17(25)8-11-23(20)29-24(27(22)26-21)15-6-9-19(30-2)10-7-15/h3-13,22,24H,14H2,1-2H3/t22-,24-/m1/s1. The molecule has 2 aliphatic heterocycles. The fraction of sp³-hybridized carbons (Fsp3) is 0.208. The van der Waals surface area contributed by atoms with E-state index in [-0.39, 0.29) is 12.3 Å². The Morgan fingerprint density at radius 1 is 1.10 bits per heavy atom. The van der Waals surface area contributed by atoms with E-state index >= 15 is 0 Å². The molecule has 0 aliphatic carbocycles. The molecule has 2 heterocycles. The van der Waals surface area contributed by atoms with Crippen LogP contribution in [0, 0.1) is 0 Å². The summed E-state index contributed by atoms with van der Waals surface area (Å²) in [6, 6.07) is 22.4. The third-order valence-electron chi connectivity index (χ3n) is 5.56. The van der Waals surface area contributed by atoms with E-state index in [1.54, 1.807) is 18.9 Å². The average molecular weight is 437 g/mol. The van der Waals surface area contributed by atoms with Gasteiger partial charge in [-0.15, -0.1) is 11.8 Å². The highest BCUT2D eigenvalue weighted by Crippen LogP contribution is 2.48. The Labute approximate surface area is 185 Å². The van der Waals surface area contributed by atoms with Gasteiger partial charge < -0.3 is 9.47 Å². The number of nitrogens with zero attached hydrogens (tertiary/aromatic N) is 2. The quantitative estimate of drug-likeness (QED) is 0.448. The molecule has 0 aromatic heterocycles. The van der Waals surface area contributed by atoms with Crippen LogP contribution in [0.3, 0.4) is 0 Å².